The van der Waals surface area contributed by atoms with Gasteiger partial charge in [-0.05, 0) is 47.2 Å². The van der Waals surface area contributed by atoms with Crippen molar-refractivity contribution in [3.63, 3.8) is 0 Å². The molecule has 1 aromatic heterocycles. The van der Waals surface area contributed by atoms with Crippen molar-refractivity contribution in [2.24, 2.45) is 0 Å². The average molecular weight is 411 g/mol. The lowest BCUT2D eigenvalue weighted by Crippen LogP contribution is -2.41. The lowest BCUT2D eigenvalue weighted by atomic mass is 9.93. The molecule has 2 heterocycles. The van der Waals surface area contributed by atoms with E-state index in [1.165, 1.54) is 16.5 Å². The maximum Gasteiger partial charge on any atom is 0.249 e. The SMILES string of the molecule is COCC(=O)N1CCc2sccc2C1c1ccc(NCc2ccccc2F)cc1. The Labute approximate surface area is 173 Å². The Bertz CT molecular complexity index is 987. The van der Waals surface area contributed by atoms with E-state index in [1.807, 2.05) is 35.2 Å². The van der Waals surface area contributed by atoms with E-state index in [-0.39, 0.29) is 24.4 Å². The summed E-state index contributed by atoms with van der Waals surface area (Å²) in [7, 11) is 1.54. The summed E-state index contributed by atoms with van der Waals surface area (Å²) in [5, 5.41) is 5.35. The molecule has 4 nitrogen and oxygen atoms in total. The summed E-state index contributed by atoms with van der Waals surface area (Å²) in [5.41, 5.74) is 3.79. The van der Waals surface area contributed by atoms with Crippen LogP contribution in [0.1, 0.15) is 27.6 Å². The number of nitrogens with one attached hydrogen (secondary N) is 1. The number of ether oxygens (including phenoxy) is 1. The minimum absolute atomic E-state index is 0.00361. The summed E-state index contributed by atoms with van der Waals surface area (Å²) in [5.74, 6) is -0.216. The number of anilines is 1. The largest absolute Gasteiger partial charge is 0.381 e. The second-order valence-corrected chi connectivity index (χ2v) is 8.04. The number of hydrogen-bond donors (Lipinski definition) is 1. The molecule has 0 aliphatic carbocycles. The van der Waals surface area contributed by atoms with Gasteiger partial charge in [-0.3, -0.25) is 4.79 Å². The first-order chi connectivity index (χ1) is 14.2. The topological polar surface area (TPSA) is 41.6 Å². The first-order valence-electron chi connectivity index (χ1n) is 9.59. The molecular weight excluding hydrogens is 387 g/mol. The zero-order valence-corrected chi connectivity index (χ0v) is 17.0. The van der Waals surface area contributed by atoms with Gasteiger partial charge in [0.2, 0.25) is 5.91 Å². The van der Waals surface area contributed by atoms with E-state index in [2.05, 4.69) is 16.8 Å². The van der Waals surface area contributed by atoms with Gasteiger partial charge in [-0.1, -0.05) is 30.3 Å². The molecule has 1 aliphatic heterocycles. The molecular formula is C23H23FN2O2S. The van der Waals surface area contributed by atoms with Crippen LogP contribution in [0, 0.1) is 5.82 Å². The number of halogens is 1. The van der Waals surface area contributed by atoms with Crippen molar-refractivity contribution in [2.45, 2.75) is 19.0 Å². The number of hydrogen-bond acceptors (Lipinski definition) is 4. The molecule has 0 saturated carbocycles. The Morgan fingerprint density at radius 2 is 2.00 bits per heavy atom. The summed E-state index contributed by atoms with van der Waals surface area (Å²) in [6.07, 6.45) is 0.876. The number of rotatable bonds is 6. The predicted molar refractivity (Wildman–Crippen MR) is 114 cm³/mol. The molecule has 1 aliphatic rings. The van der Waals surface area contributed by atoms with E-state index in [0.29, 0.717) is 18.7 Å². The average Bonchev–Trinajstić information content (AvgIpc) is 3.22. The molecule has 150 valence electrons. The number of carbonyl (C=O) groups excluding carboxylic acids is 1. The molecule has 4 rings (SSSR count). The third-order valence-corrected chi connectivity index (χ3v) is 6.22. The second kappa shape index (κ2) is 8.76. The summed E-state index contributed by atoms with van der Waals surface area (Å²) < 4.78 is 18.9. The molecule has 3 aromatic rings. The quantitative estimate of drug-likeness (QED) is 0.645. The molecule has 1 atom stereocenters. The van der Waals surface area contributed by atoms with Gasteiger partial charge in [0, 0.05) is 36.3 Å². The van der Waals surface area contributed by atoms with E-state index in [4.69, 9.17) is 4.74 Å². The van der Waals surface area contributed by atoms with Crippen molar-refractivity contribution in [3.05, 3.63) is 87.4 Å². The van der Waals surface area contributed by atoms with Gasteiger partial charge in [-0.25, -0.2) is 4.39 Å². The Balaban J connectivity index is 1.54. The maximum absolute atomic E-state index is 13.8. The zero-order valence-electron chi connectivity index (χ0n) is 16.2. The van der Waals surface area contributed by atoms with Gasteiger partial charge < -0.3 is 15.0 Å². The van der Waals surface area contributed by atoms with Crippen LogP contribution in [0.4, 0.5) is 10.1 Å². The fraction of sp³-hybridized carbons (Fsp3) is 0.261. The van der Waals surface area contributed by atoms with Crippen LogP contribution in [0.25, 0.3) is 0 Å². The monoisotopic (exact) mass is 410 g/mol. The minimum Gasteiger partial charge on any atom is -0.381 e. The molecule has 0 saturated heterocycles. The van der Waals surface area contributed by atoms with E-state index in [0.717, 1.165) is 17.7 Å². The first-order valence-corrected chi connectivity index (χ1v) is 10.5. The Morgan fingerprint density at radius 3 is 2.76 bits per heavy atom. The van der Waals surface area contributed by atoms with E-state index < -0.39 is 0 Å². The van der Waals surface area contributed by atoms with Crippen LogP contribution in [0.3, 0.4) is 0 Å². The molecule has 0 spiro atoms. The van der Waals surface area contributed by atoms with Crippen molar-refractivity contribution in [1.82, 2.24) is 4.90 Å². The van der Waals surface area contributed by atoms with E-state index in [1.54, 1.807) is 30.6 Å². The summed E-state index contributed by atoms with van der Waals surface area (Å²) in [4.78, 5) is 15.9. The number of nitrogens with zero attached hydrogens (tertiary/aromatic N) is 1. The molecule has 0 fully saturated rings. The van der Waals surface area contributed by atoms with Crippen molar-refractivity contribution < 1.29 is 13.9 Å². The van der Waals surface area contributed by atoms with Gasteiger partial charge in [0.15, 0.2) is 0 Å². The number of amides is 1. The number of benzene rings is 2. The Morgan fingerprint density at radius 1 is 1.21 bits per heavy atom. The lowest BCUT2D eigenvalue weighted by Gasteiger charge is -2.36. The van der Waals surface area contributed by atoms with Crippen molar-refractivity contribution in [2.75, 3.05) is 25.6 Å². The molecule has 1 N–H and O–H groups in total. The molecule has 0 bridgehead atoms. The smallest absolute Gasteiger partial charge is 0.249 e. The van der Waals surface area contributed by atoms with Crippen LogP contribution in [-0.2, 0) is 22.5 Å². The molecule has 1 unspecified atom stereocenters. The van der Waals surface area contributed by atoms with Gasteiger partial charge in [0.05, 0.1) is 6.04 Å². The fourth-order valence-electron chi connectivity index (χ4n) is 3.77. The third-order valence-electron chi connectivity index (χ3n) is 5.22. The predicted octanol–water partition coefficient (Wildman–Crippen LogP) is 4.62. The number of fused-ring (bicyclic) bond motifs is 1. The lowest BCUT2D eigenvalue weighted by molar-refractivity contribution is -0.137. The van der Waals surface area contributed by atoms with Gasteiger partial charge in [-0.15, -0.1) is 11.3 Å². The fourth-order valence-corrected chi connectivity index (χ4v) is 4.68. The van der Waals surface area contributed by atoms with Crippen LogP contribution in [0.15, 0.2) is 60.0 Å². The molecule has 1 amide bonds. The normalized spacial score (nSPS) is 15.8. The Kier molecular flexibility index (Phi) is 5.92. The molecule has 0 radical (unpaired) electrons. The van der Waals surface area contributed by atoms with Crippen LogP contribution in [-0.4, -0.2) is 31.1 Å². The first kappa shape index (κ1) is 19.6. The van der Waals surface area contributed by atoms with E-state index in [9.17, 15) is 9.18 Å². The number of carbonyl (C=O) groups is 1. The maximum atomic E-state index is 13.8. The van der Waals surface area contributed by atoms with Crippen LogP contribution in [0.5, 0.6) is 0 Å². The summed E-state index contributed by atoms with van der Waals surface area (Å²) in [6, 6.07) is 16.8. The number of thiophene rings is 1. The minimum atomic E-state index is -0.212. The van der Waals surface area contributed by atoms with Gasteiger partial charge in [0.25, 0.3) is 0 Å². The standard InChI is InChI=1S/C23H23FN2O2S/c1-28-15-22(27)26-12-10-21-19(11-13-29-21)23(26)16-6-8-18(9-7-16)25-14-17-4-2-3-5-20(17)24/h2-9,11,13,23,25H,10,12,14-15H2,1H3. The van der Waals surface area contributed by atoms with Gasteiger partial charge >= 0.3 is 0 Å². The van der Waals surface area contributed by atoms with Crippen molar-refractivity contribution in [1.29, 1.82) is 0 Å². The van der Waals surface area contributed by atoms with Crippen molar-refractivity contribution >= 4 is 22.9 Å². The molecule has 2 aromatic carbocycles. The van der Waals surface area contributed by atoms with Gasteiger partial charge in [-0.2, -0.15) is 0 Å². The second-order valence-electron chi connectivity index (χ2n) is 7.04. The highest BCUT2D eigenvalue weighted by atomic mass is 32.1. The van der Waals surface area contributed by atoms with Crippen LogP contribution in [0.2, 0.25) is 0 Å². The highest BCUT2D eigenvalue weighted by Gasteiger charge is 2.32. The Hall–Kier alpha value is -2.70. The highest BCUT2D eigenvalue weighted by Crippen LogP contribution is 2.38. The molecule has 29 heavy (non-hydrogen) atoms. The zero-order chi connectivity index (χ0) is 20.2. The number of methoxy groups -OCH3 is 1. The summed E-state index contributed by atoms with van der Waals surface area (Å²) >= 11 is 1.74. The highest BCUT2D eigenvalue weighted by molar-refractivity contribution is 7.10. The summed E-state index contributed by atoms with van der Waals surface area (Å²) in [6.45, 7) is 1.19. The molecule has 6 heteroatoms. The third kappa shape index (κ3) is 4.18. The van der Waals surface area contributed by atoms with Crippen LogP contribution >= 0.6 is 11.3 Å². The van der Waals surface area contributed by atoms with Crippen LogP contribution < -0.4 is 5.32 Å². The van der Waals surface area contributed by atoms with Gasteiger partial charge in [0.1, 0.15) is 12.4 Å². The van der Waals surface area contributed by atoms with E-state index >= 15 is 0 Å². The van der Waals surface area contributed by atoms with Crippen molar-refractivity contribution in [3.8, 4) is 0 Å².